The van der Waals surface area contributed by atoms with Crippen LogP contribution in [-0.2, 0) is 0 Å². The summed E-state index contributed by atoms with van der Waals surface area (Å²) in [4.78, 5) is 9.73. The summed E-state index contributed by atoms with van der Waals surface area (Å²) in [5.74, 6) is 0.872. The summed E-state index contributed by atoms with van der Waals surface area (Å²) in [7, 11) is 0. The molecule has 0 spiro atoms. The minimum absolute atomic E-state index is 0.0626. The second kappa shape index (κ2) is 7.48. The molecule has 0 bridgehead atoms. The van der Waals surface area contributed by atoms with E-state index in [0.29, 0.717) is 30.8 Å². The smallest absolute Gasteiger partial charge is 0.408 e. The number of alkyl halides is 3. The molecule has 2 aromatic rings. The molecule has 1 unspecified atom stereocenters. The molecular weight excluding hydrogens is 369 g/mol. The highest BCUT2D eigenvalue weighted by atomic mass is 19.4. The molecule has 1 fully saturated rings. The maximum Gasteiger partial charge on any atom is 0.408 e. The number of pyridine rings is 2. The SMILES string of the molecule is CC(C)(C)Oc1cc(-c2ccnc(N)c2)cc(N2CCCCC2C(F)(F)F)n1. The predicted molar refractivity (Wildman–Crippen MR) is 103 cm³/mol. The molecule has 8 heteroatoms. The maximum atomic E-state index is 13.6. The van der Waals surface area contributed by atoms with Crippen molar-refractivity contribution < 1.29 is 17.9 Å². The van der Waals surface area contributed by atoms with Crippen LogP contribution in [0.25, 0.3) is 11.1 Å². The highest BCUT2D eigenvalue weighted by Gasteiger charge is 2.45. The van der Waals surface area contributed by atoms with Crippen LogP contribution in [0.4, 0.5) is 24.8 Å². The van der Waals surface area contributed by atoms with E-state index in [1.54, 1.807) is 30.5 Å². The van der Waals surface area contributed by atoms with Gasteiger partial charge < -0.3 is 15.4 Å². The van der Waals surface area contributed by atoms with Crippen LogP contribution in [0.2, 0.25) is 0 Å². The Hall–Kier alpha value is -2.51. The lowest BCUT2D eigenvalue weighted by atomic mass is 10.0. The lowest BCUT2D eigenvalue weighted by Gasteiger charge is -2.38. The molecule has 3 heterocycles. The van der Waals surface area contributed by atoms with Gasteiger partial charge in [-0.2, -0.15) is 18.2 Å². The maximum absolute atomic E-state index is 13.6. The van der Waals surface area contributed by atoms with E-state index in [2.05, 4.69) is 9.97 Å². The van der Waals surface area contributed by atoms with Gasteiger partial charge in [0.15, 0.2) is 0 Å². The van der Waals surface area contributed by atoms with Gasteiger partial charge in [0, 0.05) is 18.8 Å². The molecule has 0 aromatic carbocycles. The van der Waals surface area contributed by atoms with Gasteiger partial charge in [-0.15, -0.1) is 0 Å². The zero-order valence-corrected chi connectivity index (χ0v) is 16.3. The first-order valence-corrected chi connectivity index (χ1v) is 9.29. The van der Waals surface area contributed by atoms with Crippen molar-refractivity contribution in [1.82, 2.24) is 9.97 Å². The van der Waals surface area contributed by atoms with E-state index in [1.165, 1.54) is 4.90 Å². The molecule has 0 radical (unpaired) electrons. The normalized spacial score (nSPS) is 18.2. The quantitative estimate of drug-likeness (QED) is 0.808. The van der Waals surface area contributed by atoms with Crippen LogP contribution in [0, 0.1) is 0 Å². The number of piperidine rings is 1. The van der Waals surface area contributed by atoms with Crippen molar-refractivity contribution in [2.75, 3.05) is 17.2 Å². The molecule has 5 nitrogen and oxygen atoms in total. The highest BCUT2D eigenvalue weighted by molar-refractivity contribution is 5.70. The Morgan fingerprint density at radius 3 is 2.50 bits per heavy atom. The van der Waals surface area contributed by atoms with Crippen LogP contribution in [0.3, 0.4) is 0 Å². The van der Waals surface area contributed by atoms with Crippen molar-refractivity contribution in [3.05, 3.63) is 30.5 Å². The molecule has 0 saturated carbocycles. The van der Waals surface area contributed by atoms with Gasteiger partial charge >= 0.3 is 6.18 Å². The number of nitrogens with zero attached hydrogens (tertiary/aromatic N) is 3. The van der Waals surface area contributed by atoms with Crippen LogP contribution in [-0.4, -0.2) is 34.3 Å². The third kappa shape index (κ3) is 4.85. The van der Waals surface area contributed by atoms with Crippen molar-refractivity contribution >= 4 is 11.6 Å². The summed E-state index contributed by atoms with van der Waals surface area (Å²) in [5.41, 5.74) is 6.67. The number of hydrogen-bond acceptors (Lipinski definition) is 5. The molecule has 1 aliphatic heterocycles. The van der Waals surface area contributed by atoms with Crippen molar-refractivity contribution in [2.45, 2.75) is 57.9 Å². The summed E-state index contributed by atoms with van der Waals surface area (Å²) in [6, 6.07) is 5.27. The summed E-state index contributed by atoms with van der Waals surface area (Å²) in [6.45, 7) is 5.90. The Kier molecular flexibility index (Phi) is 5.41. The van der Waals surface area contributed by atoms with E-state index in [-0.39, 0.29) is 18.1 Å². The molecule has 2 aromatic heterocycles. The molecular formula is C20H25F3N4O. The summed E-state index contributed by atoms with van der Waals surface area (Å²) in [6.07, 6.45) is -1.45. The van der Waals surface area contributed by atoms with Crippen molar-refractivity contribution in [2.24, 2.45) is 0 Å². The van der Waals surface area contributed by atoms with Crippen molar-refractivity contribution in [3.8, 4) is 17.0 Å². The van der Waals surface area contributed by atoms with E-state index in [9.17, 15) is 13.2 Å². The zero-order valence-electron chi connectivity index (χ0n) is 16.3. The lowest BCUT2D eigenvalue weighted by molar-refractivity contribution is -0.152. The Balaban J connectivity index is 2.08. The number of anilines is 2. The molecule has 1 saturated heterocycles. The number of nitrogen functional groups attached to an aromatic ring is 1. The average Bonchev–Trinajstić information content (AvgIpc) is 2.59. The topological polar surface area (TPSA) is 64.3 Å². The fourth-order valence-electron chi connectivity index (χ4n) is 3.35. The monoisotopic (exact) mass is 394 g/mol. The molecule has 2 N–H and O–H groups in total. The molecule has 0 aliphatic carbocycles. The third-order valence-corrected chi connectivity index (χ3v) is 4.49. The number of aromatic nitrogens is 2. The van der Waals surface area contributed by atoms with Gasteiger partial charge in [-0.3, -0.25) is 0 Å². The molecule has 152 valence electrons. The number of nitrogens with two attached hydrogens (primary N) is 1. The van der Waals surface area contributed by atoms with Gasteiger partial charge in [0.25, 0.3) is 0 Å². The van der Waals surface area contributed by atoms with E-state index >= 15 is 0 Å². The first-order chi connectivity index (χ1) is 13.0. The molecule has 28 heavy (non-hydrogen) atoms. The summed E-state index contributed by atoms with van der Waals surface area (Å²) in [5, 5.41) is 0. The van der Waals surface area contributed by atoms with Gasteiger partial charge in [-0.05, 0) is 69.4 Å². The zero-order chi connectivity index (χ0) is 20.5. The average molecular weight is 394 g/mol. The summed E-state index contributed by atoms with van der Waals surface area (Å²) < 4.78 is 46.7. The fourth-order valence-corrected chi connectivity index (χ4v) is 3.35. The number of rotatable bonds is 3. The fraction of sp³-hybridized carbons (Fsp3) is 0.500. The van der Waals surface area contributed by atoms with E-state index in [0.717, 1.165) is 5.56 Å². The Labute approximate surface area is 162 Å². The van der Waals surface area contributed by atoms with E-state index in [1.807, 2.05) is 20.8 Å². The van der Waals surface area contributed by atoms with E-state index < -0.39 is 17.8 Å². The Morgan fingerprint density at radius 2 is 1.86 bits per heavy atom. The first kappa shape index (κ1) is 20.2. The lowest BCUT2D eigenvalue weighted by Crippen LogP contribution is -2.49. The van der Waals surface area contributed by atoms with Gasteiger partial charge in [-0.25, -0.2) is 4.98 Å². The van der Waals surface area contributed by atoms with Crippen LogP contribution in [0.15, 0.2) is 30.5 Å². The number of ether oxygens (including phenoxy) is 1. The van der Waals surface area contributed by atoms with Crippen molar-refractivity contribution in [1.29, 1.82) is 0 Å². The standard InChI is InChI=1S/C20H25F3N4O/c1-19(2,3)28-18-12-14(13-7-8-25-16(24)10-13)11-17(26-18)27-9-5-4-6-15(27)20(21,22)23/h7-8,10-12,15H,4-6,9H2,1-3H3,(H2,24,25). The first-order valence-electron chi connectivity index (χ1n) is 9.29. The van der Waals surface area contributed by atoms with Crippen LogP contribution < -0.4 is 15.4 Å². The molecule has 3 rings (SSSR count). The molecule has 1 aliphatic rings. The van der Waals surface area contributed by atoms with Gasteiger partial charge in [0.1, 0.15) is 23.3 Å². The van der Waals surface area contributed by atoms with Crippen molar-refractivity contribution in [3.63, 3.8) is 0 Å². The van der Waals surface area contributed by atoms with Crippen LogP contribution >= 0.6 is 0 Å². The second-order valence-corrected chi connectivity index (χ2v) is 7.98. The van der Waals surface area contributed by atoms with Crippen LogP contribution in [0.1, 0.15) is 40.0 Å². The predicted octanol–water partition coefficient (Wildman–Crippen LogP) is 4.82. The summed E-state index contributed by atoms with van der Waals surface area (Å²) >= 11 is 0. The largest absolute Gasteiger partial charge is 0.472 e. The van der Waals surface area contributed by atoms with Gasteiger partial charge in [-0.1, -0.05) is 0 Å². The van der Waals surface area contributed by atoms with E-state index in [4.69, 9.17) is 10.5 Å². The highest BCUT2D eigenvalue weighted by Crippen LogP contribution is 2.37. The number of halogens is 3. The number of hydrogen-bond donors (Lipinski definition) is 1. The van der Waals surface area contributed by atoms with Crippen LogP contribution in [0.5, 0.6) is 5.88 Å². The minimum atomic E-state index is -4.32. The molecule has 0 amide bonds. The Bertz CT molecular complexity index is 833. The second-order valence-electron chi connectivity index (χ2n) is 7.98. The van der Waals surface area contributed by atoms with Gasteiger partial charge in [0.2, 0.25) is 5.88 Å². The molecule has 1 atom stereocenters. The Morgan fingerprint density at radius 1 is 1.11 bits per heavy atom. The van der Waals surface area contributed by atoms with Gasteiger partial charge in [0.05, 0.1) is 0 Å². The minimum Gasteiger partial charge on any atom is -0.472 e. The third-order valence-electron chi connectivity index (χ3n) is 4.49.